The Labute approximate surface area is 63.7 Å². The first-order chi connectivity index (χ1) is 4.36. The average molecular weight is 144 g/mol. The molecule has 10 heavy (non-hydrogen) atoms. The molecule has 0 bridgehead atoms. The highest BCUT2D eigenvalue weighted by molar-refractivity contribution is 6.40. The number of hydrogen-bond acceptors (Lipinski definition) is 2. The molecule has 0 heterocycles. The van der Waals surface area contributed by atoms with Gasteiger partial charge in [-0.15, -0.1) is 0 Å². The van der Waals surface area contributed by atoms with Gasteiger partial charge in [0.1, 0.15) is 0 Å². The summed E-state index contributed by atoms with van der Waals surface area (Å²) >= 11 is 0. The molecule has 0 saturated heterocycles. The molecular formula is C7H17BO2. The molecule has 0 amide bonds. The lowest BCUT2D eigenvalue weighted by atomic mass is 9.88. The average Bonchev–Trinajstić information content (AvgIpc) is 1.60. The standard InChI is InChI=1S/C7H17BO2/c1-6(2)7(3,4)10-8(5)9/h6,9H,1-5H3. The Bertz CT molecular complexity index is 99.8. The van der Waals surface area contributed by atoms with E-state index in [1.807, 2.05) is 13.8 Å². The predicted octanol–water partition coefficient (Wildman–Crippen LogP) is 1.55. The Morgan fingerprint density at radius 2 is 1.80 bits per heavy atom. The van der Waals surface area contributed by atoms with Crippen molar-refractivity contribution in [3.8, 4) is 0 Å². The Balaban J connectivity index is 3.87. The van der Waals surface area contributed by atoms with E-state index in [-0.39, 0.29) is 5.60 Å². The third-order valence-corrected chi connectivity index (χ3v) is 1.86. The SMILES string of the molecule is CB(O)OC(C)(C)C(C)C. The van der Waals surface area contributed by atoms with Gasteiger partial charge in [0.05, 0.1) is 5.60 Å². The fourth-order valence-electron chi connectivity index (χ4n) is 0.576. The third kappa shape index (κ3) is 3.23. The molecule has 60 valence electrons. The molecule has 0 fully saturated rings. The Morgan fingerprint density at radius 1 is 1.40 bits per heavy atom. The highest BCUT2D eigenvalue weighted by Crippen LogP contribution is 2.20. The van der Waals surface area contributed by atoms with Crippen LogP contribution in [0.15, 0.2) is 0 Å². The van der Waals surface area contributed by atoms with Gasteiger partial charge in [-0.2, -0.15) is 0 Å². The van der Waals surface area contributed by atoms with Crippen LogP contribution in [0.25, 0.3) is 0 Å². The summed E-state index contributed by atoms with van der Waals surface area (Å²) in [6, 6.07) is 0. The Kier molecular flexibility index (Phi) is 3.39. The van der Waals surface area contributed by atoms with Gasteiger partial charge in [0.15, 0.2) is 0 Å². The van der Waals surface area contributed by atoms with Crippen molar-refractivity contribution in [3.05, 3.63) is 0 Å². The summed E-state index contributed by atoms with van der Waals surface area (Å²) in [5.74, 6) is 0.419. The summed E-state index contributed by atoms with van der Waals surface area (Å²) in [6.07, 6.45) is 0. The normalized spacial score (nSPS) is 12.3. The molecule has 0 spiro atoms. The molecule has 0 atom stereocenters. The van der Waals surface area contributed by atoms with E-state index in [2.05, 4.69) is 13.8 Å². The van der Waals surface area contributed by atoms with E-state index in [1.165, 1.54) is 0 Å². The van der Waals surface area contributed by atoms with Crippen LogP contribution in [0.4, 0.5) is 0 Å². The highest BCUT2D eigenvalue weighted by atomic mass is 16.5. The van der Waals surface area contributed by atoms with Gasteiger partial charge in [0, 0.05) is 0 Å². The van der Waals surface area contributed by atoms with Crippen molar-refractivity contribution in [1.29, 1.82) is 0 Å². The quantitative estimate of drug-likeness (QED) is 0.609. The monoisotopic (exact) mass is 144 g/mol. The van der Waals surface area contributed by atoms with E-state index >= 15 is 0 Å². The lowest BCUT2D eigenvalue weighted by Crippen LogP contribution is -2.36. The molecule has 0 aromatic rings. The van der Waals surface area contributed by atoms with Crippen molar-refractivity contribution in [2.45, 2.75) is 40.1 Å². The van der Waals surface area contributed by atoms with Crippen LogP contribution in [0.3, 0.4) is 0 Å². The molecular weight excluding hydrogens is 127 g/mol. The van der Waals surface area contributed by atoms with E-state index in [0.717, 1.165) is 0 Å². The van der Waals surface area contributed by atoms with Gasteiger partial charge in [-0.25, -0.2) is 0 Å². The zero-order valence-corrected chi connectivity index (χ0v) is 7.51. The molecule has 0 radical (unpaired) electrons. The van der Waals surface area contributed by atoms with Crippen LogP contribution in [-0.4, -0.2) is 17.7 Å². The summed E-state index contributed by atoms with van der Waals surface area (Å²) < 4.78 is 5.25. The van der Waals surface area contributed by atoms with E-state index in [9.17, 15) is 0 Å². The van der Waals surface area contributed by atoms with Crippen LogP contribution in [0.1, 0.15) is 27.7 Å². The van der Waals surface area contributed by atoms with Gasteiger partial charge in [-0.05, 0) is 26.6 Å². The van der Waals surface area contributed by atoms with Crippen molar-refractivity contribution in [2.75, 3.05) is 0 Å². The van der Waals surface area contributed by atoms with Crippen LogP contribution < -0.4 is 0 Å². The van der Waals surface area contributed by atoms with Crippen molar-refractivity contribution in [2.24, 2.45) is 5.92 Å². The molecule has 1 N–H and O–H groups in total. The van der Waals surface area contributed by atoms with E-state index < -0.39 is 7.12 Å². The summed E-state index contributed by atoms with van der Waals surface area (Å²) in [5.41, 5.74) is -0.228. The molecule has 0 saturated carbocycles. The molecule has 0 unspecified atom stereocenters. The second kappa shape index (κ2) is 3.40. The minimum absolute atomic E-state index is 0.228. The van der Waals surface area contributed by atoms with Crippen molar-refractivity contribution < 1.29 is 9.68 Å². The van der Waals surface area contributed by atoms with Gasteiger partial charge in [0.2, 0.25) is 0 Å². The first-order valence-electron chi connectivity index (χ1n) is 3.72. The summed E-state index contributed by atoms with van der Waals surface area (Å²) in [5, 5.41) is 8.91. The zero-order valence-electron chi connectivity index (χ0n) is 7.51. The zero-order chi connectivity index (χ0) is 8.36. The fraction of sp³-hybridized carbons (Fsp3) is 1.00. The molecule has 0 aliphatic heterocycles. The van der Waals surface area contributed by atoms with E-state index in [0.29, 0.717) is 5.92 Å². The van der Waals surface area contributed by atoms with E-state index in [4.69, 9.17) is 9.68 Å². The molecule has 0 aromatic carbocycles. The summed E-state index contributed by atoms with van der Waals surface area (Å²) in [4.78, 5) is 0. The summed E-state index contributed by atoms with van der Waals surface area (Å²) in [7, 11) is -0.669. The van der Waals surface area contributed by atoms with Crippen LogP contribution in [0, 0.1) is 5.92 Å². The molecule has 0 aliphatic carbocycles. The van der Waals surface area contributed by atoms with Gasteiger partial charge >= 0.3 is 7.12 Å². The minimum Gasteiger partial charge on any atom is -0.427 e. The van der Waals surface area contributed by atoms with Gasteiger partial charge < -0.3 is 9.68 Å². The van der Waals surface area contributed by atoms with Gasteiger partial charge in [-0.3, -0.25) is 0 Å². The number of rotatable bonds is 3. The molecule has 3 heteroatoms. The van der Waals surface area contributed by atoms with Crippen molar-refractivity contribution in [1.82, 2.24) is 0 Å². The second-order valence-corrected chi connectivity index (χ2v) is 3.48. The highest BCUT2D eigenvalue weighted by Gasteiger charge is 2.25. The topological polar surface area (TPSA) is 29.5 Å². The van der Waals surface area contributed by atoms with Gasteiger partial charge in [0.25, 0.3) is 0 Å². The summed E-state index contributed by atoms with van der Waals surface area (Å²) in [6.45, 7) is 9.73. The Morgan fingerprint density at radius 3 is 1.90 bits per heavy atom. The maximum atomic E-state index is 8.91. The second-order valence-electron chi connectivity index (χ2n) is 3.48. The third-order valence-electron chi connectivity index (χ3n) is 1.86. The van der Waals surface area contributed by atoms with E-state index in [1.54, 1.807) is 6.82 Å². The van der Waals surface area contributed by atoms with Crippen LogP contribution >= 0.6 is 0 Å². The van der Waals surface area contributed by atoms with Crippen LogP contribution in [0.2, 0.25) is 6.82 Å². The first-order valence-corrected chi connectivity index (χ1v) is 3.72. The minimum atomic E-state index is -0.669. The molecule has 2 nitrogen and oxygen atoms in total. The lowest BCUT2D eigenvalue weighted by Gasteiger charge is -2.30. The maximum Gasteiger partial charge on any atom is 0.451 e. The first kappa shape index (κ1) is 9.98. The molecule has 0 aliphatic rings. The Hall–Kier alpha value is -0.0151. The van der Waals surface area contributed by atoms with Crippen molar-refractivity contribution >= 4 is 7.12 Å². The van der Waals surface area contributed by atoms with Crippen molar-refractivity contribution in [3.63, 3.8) is 0 Å². The van der Waals surface area contributed by atoms with Crippen LogP contribution in [0.5, 0.6) is 0 Å². The largest absolute Gasteiger partial charge is 0.451 e. The lowest BCUT2D eigenvalue weighted by molar-refractivity contribution is 0.0400. The molecule has 0 rings (SSSR count). The number of hydrogen-bond donors (Lipinski definition) is 1. The smallest absolute Gasteiger partial charge is 0.427 e. The molecule has 0 aromatic heterocycles. The van der Waals surface area contributed by atoms with Gasteiger partial charge in [-0.1, -0.05) is 13.8 Å². The fourth-order valence-corrected chi connectivity index (χ4v) is 0.576. The van der Waals surface area contributed by atoms with Crippen LogP contribution in [-0.2, 0) is 4.65 Å². The maximum absolute atomic E-state index is 8.91. The predicted molar refractivity (Wildman–Crippen MR) is 43.8 cm³/mol.